The third-order valence-corrected chi connectivity index (χ3v) is 4.19. The Morgan fingerprint density at radius 3 is 2.68 bits per heavy atom. The molecule has 1 aromatic heterocycles. The lowest BCUT2D eigenvalue weighted by molar-refractivity contribution is 1.37. The molecule has 0 fully saturated rings. The van der Waals surface area contributed by atoms with Crippen LogP contribution in [0.4, 0.5) is 0 Å². The molecule has 0 atom stereocenters. The van der Waals surface area contributed by atoms with Crippen molar-refractivity contribution in [2.75, 3.05) is 0 Å². The summed E-state index contributed by atoms with van der Waals surface area (Å²) >= 11 is 7.44. The van der Waals surface area contributed by atoms with Crippen molar-refractivity contribution in [3.63, 3.8) is 0 Å². The fourth-order valence-electron chi connectivity index (χ4n) is 2.04. The van der Waals surface area contributed by atoms with Crippen LogP contribution >= 0.6 is 22.9 Å². The zero-order valence-corrected chi connectivity index (χ0v) is 13.1. The molecule has 0 aliphatic rings. The van der Waals surface area contributed by atoms with Crippen LogP contribution in [0.3, 0.4) is 0 Å². The highest BCUT2D eigenvalue weighted by Crippen LogP contribution is 2.27. The number of halogens is 1. The van der Waals surface area contributed by atoms with Crippen LogP contribution in [0, 0.1) is 11.3 Å². The van der Waals surface area contributed by atoms with E-state index in [0.29, 0.717) is 15.6 Å². The minimum atomic E-state index is 0.537. The van der Waals surface area contributed by atoms with Gasteiger partial charge in [0.05, 0.1) is 11.3 Å². The maximum atomic E-state index is 9.41. The fourth-order valence-corrected chi connectivity index (χ4v) is 3.04. The molecule has 3 rings (SSSR count). The standard InChI is InChI=1S/C18H11ClN2S/c19-16-8-4-5-13(10-16)9-15(11-20)18-21-17(12-22-18)14-6-2-1-3-7-14/h1-10,12H. The van der Waals surface area contributed by atoms with Crippen LogP contribution in [0.5, 0.6) is 0 Å². The van der Waals surface area contributed by atoms with Crippen molar-refractivity contribution in [2.24, 2.45) is 0 Å². The fraction of sp³-hybridized carbons (Fsp3) is 0. The SMILES string of the molecule is N#CC(=Cc1cccc(Cl)c1)c1nc(-c2ccccc2)cs1. The van der Waals surface area contributed by atoms with Gasteiger partial charge in [0.2, 0.25) is 0 Å². The van der Waals surface area contributed by atoms with E-state index in [1.165, 1.54) is 11.3 Å². The number of thiazole rings is 1. The maximum absolute atomic E-state index is 9.41. The molecule has 2 nitrogen and oxygen atoms in total. The van der Waals surface area contributed by atoms with Crippen molar-refractivity contribution >= 4 is 34.6 Å². The van der Waals surface area contributed by atoms with Gasteiger partial charge in [0.1, 0.15) is 11.1 Å². The summed E-state index contributed by atoms with van der Waals surface area (Å²) in [6.45, 7) is 0. The van der Waals surface area contributed by atoms with E-state index < -0.39 is 0 Å². The molecule has 4 heteroatoms. The quantitative estimate of drug-likeness (QED) is 0.595. The highest BCUT2D eigenvalue weighted by molar-refractivity contribution is 7.11. The molecule has 0 bridgehead atoms. The van der Waals surface area contributed by atoms with Crippen molar-refractivity contribution in [1.82, 2.24) is 4.98 Å². The molecule has 3 aromatic rings. The van der Waals surface area contributed by atoms with Crippen LogP contribution in [-0.4, -0.2) is 4.98 Å². The van der Waals surface area contributed by atoms with Gasteiger partial charge < -0.3 is 0 Å². The van der Waals surface area contributed by atoms with Gasteiger partial charge in [-0.15, -0.1) is 11.3 Å². The zero-order chi connectivity index (χ0) is 15.4. The van der Waals surface area contributed by atoms with E-state index in [0.717, 1.165) is 16.8 Å². The first-order chi connectivity index (χ1) is 10.8. The minimum Gasteiger partial charge on any atom is -0.235 e. The van der Waals surface area contributed by atoms with Crippen LogP contribution in [0.2, 0.25) is 5.02 Å². The summed E-state index contributed by atoms with van der Waals surface area (Å²) in [5.41, 5.74) is 3.35. The first-order valence-corrected chi connectivity index (χ1v) is 7.91. The summed E-state index contributed by atoms with van der Waals surface area (Å²) < 4.78 is 0. The molecule has 0 saturated carbocycles. The lowest BCUT2D eigenvalue weighted by atomic mass is 10.1. The van der Waals surface area contributed by atoms with Crippen LogP contribution in [0.15, 0.2) is 60.0 Å². The highest BCUT2D eigenvalue weighted by Gasteiger charge is 2.09. The Labute approximate surface area is 138 Å². The number of aromatic nitrogens is 1. The molecule has 0 unspecified atom stereocenters. The highest BCUT2D eigenvalue weighted by atomic mass is 35.5. The lowest BCUT2D eigenvalue weighted by Crippen LogP contribution is -1.82. The molecule has 0 radical (unpaired) electrons. The first-order valence-electron chi connectivity index (χ1n) is 6.65. The Morgan fingerprint density at radius 1 is 1.14 bits per heavy atom. The summed E-state index contributed by atoms with van der Waals surface area (Å²) in [7, 11) is 0. The van der Waals surface area contributed by atoms with E-state index in [-0.39, 0.29) is 0 Å². The van der Waals surface area contributed by atoms with Crippen LogP contribution in [0.1, 0.15) is 10.6 Å². The topological polar surface area (TPSA) is 36.7 Å². The van der Waals surface area contributed by atoms with Crippen molar-refractivity contribution in [3.8, 4) is 17.3 Å². The van der Waals surface area contributed by atoms with Crippen LogP contribution in [0.25, 0.3) is 22.9 Å². The first kappa shape index (κ1) is 14.5. The van der Waals surface area contributed by atoms with E-state index in [9.17, 15) is 5.26 Å². The molecule has 1 heterocycles. The van der Waals surface area contributed by atoms with Gasteiger partial charge in [0, 0.05) is 16.0 Å². The summed E-state index contributed by atoms with van der Waals surface area (Å²) in [5, 5.41) is 12.7. The molecule has 0 amide bonds. The largest absolute Gasteiger partial charge is 0.235 e. The van der Waals surface area contributed by atoms with Gasteiger partial charge in [0.25, 0.3) is 0 Å². The molecule has 0 saturated heterocycles. The van der Waals surface area contributed by atoms with Crippen molar-refractivity contribution < 1.29 is 0 Å². The predicted octanol–water partition coefficient (Wildman–Crippen LogP) is 5.53. The van der Waals surface area contributed by atoms with E-state index in [2.05, 4.69) is 11.1 Å². The van der Waals surface area contributed by atoms with Gasteiger partial charge in [-0.1, -0.05) is 54.1 Å². The van der Waals surface area contributed by atoms with Crippen LogP contribution < -0.4 is 0 Å². The van der Waals surface area contributed by atoms with Gasteiger partial charge >= 0.3 is 0 Å². The van der Waals surface area contributed by atoms with E-state index >= 15 is 0 Å². The van der Waals surface area contributed by atoms with E-state index in [4.69, 9.17) is 11.6 Å². The van der Waals surface area contributed by atoms with Gasteiger partial charge in [-0.05, 0) is 23.8 Å². The Morgan fingerprint density at radius 2 is 1.95 bits per heavy atom. The van der Waals surface area contributed by atoms with Gasteiger partial charge in [-0.25, -0.2) is 4.98 Å². The number of hydrogen-bond donors (Lipinski definition) is 0. The molecule has 0 aliphatic carbocycles. The number of nitrogens with zero attached hydrogens (tertiary/aromatic N) is 2. The summed E-state index contributed by atoms with van der Waals surface area (Å²) in [6.07, 6.45) is 1.81. The molecule has 0 spiro atoms. The lowest BCUT2D eigenvalue weighted by Gasteiger charge is -1.97. The van der Waals surface area contributed by atoms with Crippen molar-refractivity contribution in [3.05, 3.63) is 75.6 Å². The van der Waals surface area contributed by atoms with E-state index in [1.54, 1.807) is 6.08 Å². The number of benzene rings is 2. The Kier molecular flexibility index (Phi) is 4.34. The third kappa shape index (κ3) is 3.25. The van der Waals surface area contributed by atoms with Gasteiger partial charge in [-0.2, -0.15) is 5.26 Å². The Balaban J connectivity index is 1.96. The second-order valence-electron chi connectivity index (χ2n) is 4.63. The molecule has 2 aromatic carbocycles. The Hall–Kier alpha value is -2.41. The second-order valence-corrected chi connectivity index (χ2v) is 5.92. The molecular formula is C18H11ClN2S. The molecule has 0 N–H and O–H groups in total. The molecule has 22 heavy (non-hydrogen) atoms. The monoisotopic (exact) mass is 322 g/mol. The Bertz CT molecular complexity index is 860. The number of nitriles is 1. The number of hydrogen-bond acceptors (Lipinski definition) is 3. The normalized spacial score (nSPS) is 11.2. The molecular weight excluding hydrogens is 312 g/mol. The summed E-state index contributed by atoms with van der Waals surface area (Å²) in [5.74, 6) is 0. The van der Waals surface area contributed by atoms with Gasteiger partial charge in [-0.3, -0.25) is 0 Å². The minimum absolute atomic E-state index is 0.537. The number of rotatable bonds is 3. The van der Waals surface area contributed by atoms with E-state index in [1.807, 2.05) is 60.0 Å². The smallest absolute Gasteiger partial charge is 0.134 e. The second kappa shape index (κ2) is 6.57. The summed E-state index contributed by atoms with van der Waals surface area (Å²) in [4.78, 5) is 4.57. The third-order valence-electron chi connectivity index (χ3n) is 3.08. The summed E-state index contributed by atoms with van der Waals surface area (Å²) in [6, 6.07) is 19.5. The molecule has 0 aliphatic heterocycles. The average Bonchev–Trinajstić information content (AvgIpc) is 3.03. The maximum Gasteiger partial charge on any atom is 0.134 e. The average molecular weight is 323 g/mol. The predicted molar refractivity (Wildman–Crippen MR) is 92.5 cm³/mol. The van der Waals surface area contributed by atoms with Crippen molar-refractivity contribution in [1.29, 1.82) is 5.26 Å². The number of allylic oxidation sites excluding steroid dienone is 1. The van der Waals surface area contributed by atoms with Crippen LogP contribution in [-0.2, 0) is 0 Å². The zero-order valence-electron chi connectivity index (χ0n) is 11.5. The van der Waals surface area contributed by atoms with Gasteiger partial charge in [0.15, 0.2) is 0 Å². The van der Waals surface area contributed by atoms with Crippen molar-refractivity contribution in [2.45, 2.75) is 0 Å². The molecule has 106 valence electrons.